The number of para-hydroxylation sites is 2. The van der Waals surface area contributed by atoms with Gasteiger partial charge in [-0.25, -0.2) is 0 Å². The fourth-order valence-corrected chi connectivity index (χ4v) is 5.75. The lowest BCUT2D eigenvalue weighted by Gasteiger charge is -2.19. The van der Waals surface area contributed by atoms with Crippen molar-refractivity contribution in [3.8, 4) is 5.75 Å². The fourth-order valence-electron chi connectivity index (χ4n) is 5.75. The zero-order valence-electron chi connectivity index (χ0n) is 22.1. The molecule has 1 atom stereocenters. The van der Waals surface area contributed by atoms with E-state index in [1.54, 1.807) is 0 Å². The number of benzene rings is 3. The van der Waals surface area contributed by atoms with E-state index < -0.39 is 0 Å². The molecule has 2 aliphatic rings. The Morgan fingerprint density at radius 3 is 2.55 bits per heavy atom. The zero-order valence-corrected chi connectivity index (χ0v) is 22.1. The molecule has 2 aliphatic heterocycles. The largest absolute Gasteiger partial charge is 0.494 e. The maximum Gasteiger partial charge on any atom is 0.119 e. The number of hydrogen-bond donors (Lipinski definition) is 1. The van der Waals surface area contributed by atoms with Gasteiger partial charge in [0.15, 0.2) is 0 Å². The number of aromatic nitrogens is 2. The van der Waals surface area contributed by atoms with Crippen molar-refractivity contribution in [3.05, 3.63) is 108 Å². The molecular weight excluding hydrogens is 468 g/mol. The van der Waals surface area contributed by atoms with Crippen molar-refractivity contribution < 1.29 is 4.74 Å². The van der Waals surface area contributed by atoms with Crippen LogP contribution in [0.15, 0.2) is 90.1 Å². The minimum Gasteiger partial charge on any atom is -0.494 e. The zero-order chi connectivity index (χ0) is 25.9. The highest BCUT2D eigenvalue weighted by Gasteiger charge is 2.23. The second-order valence-corrected chi connectivity index (χ2v) is 9.89. The standard InChI is InChI=1S/C21H24N2O.C12H10N2/c1-3-24-17-8-9-18(15(2)12-17)19-14-22-10-11-23-20-7-5-4-6-16(20)13-21(19)23;1-2-4-12-10(3-1)9-11-5-6-13-7-8-14(11)12/h4-9,12-13,19,22H,3,10-11,14H2,1-2H3;1-4,6-9H,5H2. The van der Waals surface area contributed by atoms with Gasteiger partial charge in [0.25, 0.3) is 0 Å². The molecule has 38 heavy (non-hydrogen) atoms. The van der Waals surface area contributed by atoms with Crippen molar-refractivity contribution in [3.63, 3.8) is 0 Å². The Labute approximate surface area is 224 Å². The predicted octanol–water partition coefficient (Wildman–Crippen LogP) is 6.78. The lowest BCUT2D eigenvalue weighted by molar-refractivity contribution is 0.340. The van der Waals surface area contributed by atoms with Crippen molar-refractivity contribution in [2.45, 2.75) is 32.7 Å². The third kappa shape index (κ3) is 4.66. The van der Waals surface area contributed by atoms with Crippen molar-refractivity contribution in [1.29, 1.82) is 0 Å². The molecule has 2 aromatic heterocycles. The van der Waals surface area contributed by atoms with Crippen molar-refractivity contribution in [2.75, 3.05) is 19.7 Å². The minimum atomic E-state index is 0.371. The first-order chi connectivity index (χ1) is 18.7. The van der Waals surface area contributed by atoms with Gasteiger partial charge in [-0.15, -0.1) is 0 Å². The molecule has 5 nitrogen and oxygen atoms in total. The first-order valence-corrected chi connectivity index (χ1v) is 13.5. The molecule has 0 radical (unpaired) electrons. The molecule has 5 aromatic rings. The highest BCUT2D eigenvalue weighted by atomic mass is 16.5. The number of rotatable bonds is 3. The van der Waals surface area contributed by atoms with Gasteiger partial charge in [-0.2, -0.15) is 0 Å². The van der Waals surface area contributed by atoms with Crippen LogP contribution >= 0.6 is 0 Å². The van der Waals surface area contributed by atoms with Gasteiger partial charge in [0, 0.05) is 72.9 Å². The summed E-state index contributed by atoms with van der Waals surface area (Å²) in [5, 5.41) is 6.24. The molecule has 3 aromatic carbocycles. The predicted molar refractivity (Wildman–Crippen MR) is 158 cm³/mol. The average Bonchev–Trinajstić information content (AvgIpc) is 3.28. The fraction of sp³-hybridized carbons (Fsp3) is 0.242. The van der Waals surface area contributed by atoms with E-state index in [1.807, 2.05) is 25.5 Å². The highest BCUT2D eigenvalue weighted by Crippen LogP contribution is 2.34. The van der Waals surface area contributed by atoms with E-state index in [4.69, 9.17) is 4.74 Å². The first kappa shape index (κ1) is 24.3. The van der Waals surface area contributed by atoms with E-state index in [0.717, 1.165) is 31.8 Å². The first-order valence-electron chi connectivity index (χ1n) is 13.5. The van der Waals surface area contributed by atoms with Crippen LogP contribution in [-0.2, 0) is 13.0 Å². The van der Waals surface area contributed by atoms with Gasteiger partial charge in [-0.1, -0.05) is 42.5 Å². The molecule has 0 bridgehead atoms. The Morgan fingerprint density at radius 1 is 0.947 bits per heavy atom. The Morgan fingerprint density at radius 2 is 1.74 bits per heavy atom. The normalized spacial score (nSPS) is 16.3. The number of aliphatic imine (C=N–C) groups is 1. The smallest absolute Gasteiger partial charge is 0.119 e. The van der Waals surface area contributed by atoms with Crippen LogP contribution in [0, 0.1) is 6.92 Å². The van der Waals surface area contributed by atoms with E-state index in [9.17, 15) is 0 Å². The highest BCUT2D eigenvalue weighted by molar-refractivity contribution is 5.85. The second-order valence-electron chi connectivity index (χ2n) is 9.89. The molecule has 0 saturated heterocycles. The summed E-state index contributed by atoms with van der Waals surface area (Å²) < 4.78 is 10.3. The number of ether oxygens (including phenoxy) is 1. The van der Waals surface area contributed by atoms with Crippen LogP contribution in [0.5, 0.6) is 5.75 Å². The number of fused-ring (bicyclic) bond motifs is 6. The molecule has 1 N–H and O–H groups in total. The summed E-state index contributed by atoms with van der Waals surface area (Å²) in [6.07, 6.45) is 6.69. The van der Waals surface area contributed by atoms with Gasteiger partial charge < -0.3 is 19.2 Å². The Hall–Kier alpha value is -4.09. The topological polar surface area (TPSA) is 43.5 Å². The van der Waals surface area contributed by atoms with Crippen molar-refractivity contribution in [1.82, 2.24) is 14.5 Å². The maximum absolute atomic E-state index is 5.65. The quantitative estimate of drug-likeness (QED) is 0.296. The van der Waals surface area contributed by atoms with Gasteiger partial charge in [0.05, 0.1) is 12.1 Å². The van der Waals surface area contributed by atoms with Gasteiger partial charge in [0.1, 0.15) is 5.75 Å². The van der Waals surface area contributed by atoms with Crippen LogP contribution in [-0.4, -0.2) is 35.0 Å². The van der Waals surface area contributed by atoms with Gasteiger partial charge in [-0.3, -0.25) is 4.99 Å². The summed E-state index contributed by atoms with van der Waals surface area (Å²) in [6, 6.07) is 28.2. The van der Waals surface area contributed by atoms with Crippen molar-refractivity contribution >= 4 is 34.2 Å². The molecule has 192 valence electrons. The Kier molecular flexibility index (Phi) is 6.84. The molecule has 0 fully saturated rings. The van der Waals surface area contributed by atoms with E-state index in [1.165, 1.54) is 44.3 Å². The third-order valence-corrected chi connectivity index (χ3v) is 7.52. The van der Waals surface area contributed by atoms with E-state index in [2.05, 4.69) is 105 Å². The molecule has 1 unspecified atom stereocenters. The van der Waals surface area contributed by atoms with Crippen LogP contribution in [0.4, 0.5) is 0 Å². The number of aryl methyl sites for hydroxylation is 1. The summed E-state index contributed by atoms with van der Waals surface area (Å²) in [4.78, 5) is 4.14. The van der Waals surface area contributed by atoms with Crippen LogP contribution in [0.1, 0.15) is 35.4 Å². The third-order valence-electron chi connectivity index (χ3n) is 7.52. The number of nitrogens with one attached hydrogen (secondary N) is 1. The Balaban J connectivity index is 0.000000159. The molecular formula is C33H34N4O. The maximum atomic E-state index is 5.65. The van der Waals surface area contributed by atoms with Gasteiger partial charge in [-0.05, 0) is 66.8 Å². The summed E-state index contributed by atoms with van der Waals surface area (Å²) in [5.41, 5.74) is 7.98. The number of hydrogen-bond acceptors (Lipinski definition) is 3. The minimum absolute atomic E-state index is 0.371. The molecule has 0 amide bonds. The summed E-state index contributed by atoms with van der Waals surface area (Å²) in [5.74, 6) is 1.33. The van der Waals surface area contributed by atoms with Crippen LogP contribution in [0.3, 0.4) is 0 Å². The van der Waals surface area contributed by atoms with E-state index >= 15 is 0 Å². The SMILES string of the molecule is C1=Cn2c(cc3ccccc32)CC=N1.CCOc1ccc(C2CNCCn3c2cc2ccccc23)c(C)c1. The van der Waals surface area contributed by atoms with E-state index in [0.29, 0.717) is 12.5 Å². The summed E-state index contributed by atoms with van der Waals surface area (Å²) in [6.45, 7) is 7.93. The molecule has 7 rings (SSSR count). The van der Waals surface area contributed by atoms with E-state index in [-0.39, 0.29) is 0 Å². The Bertz CT molecular complexity index is 1640. The summed E-state index contributed by atoms with van der Waals surface area (Å²) in [7, 11) is 0. The summed E-state index contributed by atoms with van der Waals surface area (Å²) >= 11 is 0. The molecule has 4 heterocycles. The lowest BCUT2D eigenvalue weighted by atomic mass is 9.91. The van der Waals surface area contributed by atoms with Crippen molar-refractivity contribution in [2.24, 2.45) is 4.99 Å². The van der Waals surface area contributed by atoms with Crippen LogP contribution in [0.25, 0.3) is 28.0 Å². The average molecular weight is 503 g/mol. The number of nitrogens with zero attached hydrogens (tertiary/aromatic N) is 3. The van der Waals surface area contributed by atoms with Gasteiger partial charge >= 0.3 is 0 Å². The van der Waals surface area contributed by atoms with Gasteiger partial charge in [0.2, 0.25) is 0 Å². The molecule has 0 saturated carbocycles. The second kappa shape index (κ2) is 10.7. The molecule has 0 aliphatic carbocycles. The molecule has 0 spiro atoms. The van der Waals surface area contributed by atoms with Crippen LogP contribution < -0.4 is 10.1 Å². The lowest BCUT2D eigenvalue weighted by Crippen LogP contribution is -2.21. The molecule has 5 heteroatoms. The van der Waals surface area contributed by atoms with Crippen LogP contribution in [0.2, 0.25) is 0 Å². The monoisotopic (exact) mass is 502 g/mol.